The Morgan fingerprint density at radius 1 is 1.29 bits per heavy atom. The molecular formula is C13H20N4O3S. The predicted octanol–water partition coefficient (Wildman–Crippen LogP) is 1.64. The van der Waals surface area contributed by atoms with Crippen LogP contribution in [0.25, 0.3) is 0 Å². The molecule has 0 amide bonds. The zero-order chi connectivity index (χ0) is 15.8. The van der Waals surface area contributed by atoms with E-state index in [1.165, 1.54) is 4.31 Å². The molecule has 0 radical (unpaired) electrons. The molecule has 7 nitrogen and oxygen atoms in total. The minimum absolute atomic E-state index is 0.144. The zero-order valence-corrected chi connectivity index (χ0v) is 13.7. The molecule has 8 heteroatoms. The van der Waals surface area contributed by atoms with Crippen LogP contribution in [0, 0.1) is 20.8 Å². The van der Waals surface area contributed by atoms with E-state index in [4.69, 9.17) is 4.52 Å². The van der Waals surface area contributed by atoms with Crippen molar-refractivity contribution in [1.29, 1.82) is 0 Å². The summed E-state index contributed by atoms with van der Waals surface area (Å²) in [5, 5.41) is 8.04. The zero-order valence-electron chi connectivity index (χ0n) is 12.9. The highest BCUT2D eigenvalue weighted by Gasteiger charge is 2.29. The van der Waals surface area contributed by atoms with Gasteiger partial charge < -0.3 is 4.52 Å². The molecule has 0 aliphatic carbocycles. The Bertz CT molecular complexity index is 726. The first-order valence-electron chi connectivity index (χ1n) is 6.69. The van der Waals surface area contributed by atoms with E-state index in [2.05, 4.69) is 10.3 Å². The minimum Gasteiger partial charge on any atom is -0.360 e. The largest absolute Gasteiger partial charge is 0.360 e. The monoisotopic (exact) mass is 312 g/mol. The smallest absolute Gasteiger partial charge is 0.248 e. The summed E-state index contributed by atoms with van der Waals surface area (Å²) in [7, 11) is -2.08. The Morgan fingerprint density at radius 2 is 1.95 bits per heavy atom. The molecule has 0 N–H and O–H groups in total. The van der Waals surface area contributed by atoms with Crippen LogP contribution in [0.15, 0.2) is 15.6 Å². The molecule has 116 valence electrons. The predicted molar refractivity (Wildman–Crippen MR) is 77.3 cm³/mol. The van der Waals surface area contributed by atoms with Crippen molar-refractivity contribution < 1.29 is 12.9 Å². The summed E-state index contributed by atoms with van der Waals surface area (Å²) in [6, 6.07) is 0. The van der Waals surface area contributed by atoms with Gasteiger partial charge in [0.05, 0.1) is 5.69 Å². The SMILES string of the molecule is CCn1cc(CN(C)S(=O)(=O)c2c(C)noc2C)c(C)n1. The van der Waals surface area contributed by atoms with E-state index < -0.39 is 10.0 Å². The second-order valence-corrected chi connectivity index (χ2v) is 6.99. The van der Waals surface area contributed by atoms with E-state index in [1.54, 1.807) is 25.6 Å². The van der Waals surface area contributed by atoms with E-state index in [9.17, 15) is 8.42 Å². The lowest BCUT2D eigenvalue weighted by atomic mass is 10.3. The van der Waals surface area contributed by atoms with Gasteiger partial charge in [-0.3, -0.25) is 4.68 Å². The summed E-state index contributed by atoms with van der Waals surface area (Å²) in [5.74, 6) is 0.306. The average molecular weight is 312 g/mol. The summed E-state index contributed by atoms with van der Waals surface area (Å²) >= 11 is 0. The maximum absolute atomic E-state index is 12.6. The van der Waals surface area contributed by atoms with Gasteiger partial charge in [0.25, 0.3) is 0 Å². The van der Waals surface area contributed by atoms with Crippen LogP contribution in [0.3, 0.4) is 0 Å². The topological polar surface area (TPSA) is 81.2 Å². The van der Waals surface area contributed by atoms with Crippen molar-refractivity contribution in [2.45, 2.75) is 45.7 Å². The van der Waals surface area contributed by atoms with Crippen LogP contribution in [0.5, 0.6) is 0 Å². The molecule has 0 aromatic carbocycles. The lowest BCUT2D eigenvalue weighted by Gasteiger charge is -2.16. The standard InChI is InChI=1S/C13H20N4O3S/c1-6-17-8-12(9(2)14-17)7-16(5)21(18,19)13-10(3)15-20-11(13)4/h8H,6-7H2,1-5H3. The van der Waals surface area contributed by atoms with E-state index in [0.717, 1.165) is 17.8 Å². The number of aromatic nitrogens is 3. The normalized spacial score (nSPS) is 12.3. The molecule has 21 heavy (non-hydrogen) atoms. The molecule has 0 unspecified atom stereocenters. The lowest BCUT2D eigenvalue weighted by Crippen LogP contribution is -2.27. The molecule has 0 saturated carbocycles. The first-order chi connectivity index (χ1) is 9.77. The second-order valence-electron chi connectivity index (χ2n) is 5.01. The number of sulfonamides is 1. The fraction of sp³-hybridized carbons (Fsp3) is 0.538. The van der Waals surface area contributed by atoms with Gasteiger partial charge in [0.2, 0.25) is 10.0 Å². The van der Waals surface area contributed by atoms with Crippen LogP contribution in [-0.2, 0) is 23.1 Å². The van der Waals surface area contributed by atoms with Crippen molar-refractivity contribution in [2.75, 3.05) is 7.05 Å². The van der Waals surface area contributed by atoms with Crippen LogP contribution < -0.4 is 0 Å². The number of rotatable bonds is 5. The molecule has 0 aliphatic heterocycles. The van der Waals surface area contributed by atoms with Crippen LogP contribution in [-0.4, -0.2) is 34.7 Å². The minimum atomic E-state index is -3.63. The van der Waals surface area contributed by atoms with Gasteiger partial charge in [-0.2, -0.15) is 9.40 Å². The molecule has 0 fully saturated rings. The van der Waals surface area contributed by atoms with Crippen LogP contribution in [0.2, 0.25) is 0 Å². The molecule has 0 spiro atoms. The van der Waals surface area contributed by atoms with Gasteiger partial charge in [0, 0.05) is 31.9 Å². The van der Waals surface area contributed by atoms with Crippen LogP contribution in [0.4, 0.5) is 0 Å². The van der Waals surface area contributed by atoms with Gasteiger partial charge in [-0.05, 0) is 27.7 Å². The van der Waals surface area contributed by atoms with Crippen molar-refractivity contribution in [3.05, 3.63) is 28.9 Å². The fourth-order valence-electron chi connectivity index (χ4n) is 2.20. The molecule has 2 aromatic heterocycles. The second kappa shape index (κ2) is 5.61. The van der Waals surface area contributed by atoms with Crippen molar-refractivity contribution >= 4 is 10.0 Å². The molecule has 0 atom stereocenters. The van der Waals surface area contributed by atoms with Crippen molar-refractivity contribution in [1.82, 2.24) is 19.2 Å². The summed E-state index contributed by atoms with van der Waals surface area (Å²) in [4.78, 5) is 0.144. The Balaban J connectivity index is 2.31. The van der Waals surface area contributed by atoms with E-state index >= 15 is 0 Å². The molecule has 2 aromatic rings. The van der Waals surface area contributed by atoms with Gasteiger partial charge >= 0.3 is 0 Å². The molecule has 2 rings (SSSR count). The van der Waals surface area contributed by atoms with Gasteiger partial charge in [-0.15, -0.1) is 0 Å². The quantitative estimate of drug-likeness (QED) is 0.838. The van der Waals surface area contributed by atoms with Crippen molar-refractivity contribution in [2.24, 2.45) is 0 Å². The third kappa shape index (κ3) is 2.86. The van der Waals surface area contributed by atoms with Crippen molar-refractivity contribution in [3.63, 3.8) is 0 Å². The van der Waals surface area contributed by atoms with E-state index in [1.807, 2.05) is 20.0 Å². The van der Waals surface area contributed by atoms with Crippen molar-refractivity contribution in [3.8, 4) is 0 Å². The molecule has 2 heterocycles. The lowest BCUT2D eigenvalue weighted by molar-refractivity contribution is 0.389. The summed E-state index contributed by atoms with van der Waals surface area (Å²) in [6.07, 6.45) is 1.87. The highest BCUT2D eigenvalue weighted by Crippen LogP contribution is 2.24. The molecular weight excluding hydrogens is 292 g/mol. The summed E-state index contributed by atoms with van der Waals surface area (Å²) < 4.78 is 33.3. The highest BCUT2D eigenvalue weighted by molar-refractivity contribution is 7.89. The van der Waals surface area contributed by atoms with Crippen LogP contribution >= 0.6 is 0 Å². The third-order valence-electron chi connectivity index (χ3n) is 3.40. The first-order valence-corrected chi connectivity index (χ1v) is 8.13. The van der Waals surface area contributed by atoms with E-state index in [-0.39, 0.29) is 11.4 Å². The molecule has 0 saturated heterocycles. The van der Waals surface area contributed by atoms with Gasteiger partial charge in [0.1, 0.15) is 10.6 Å². The van der Waals surface area contributed by atoms with Gasteiger partial charge in [0.15, 0.2) is 5.76 Å². The van der Waals surface area contributed by atoms with Crippen LogP contribution in [0.1, 0.15) is 29.6 Å². The Labute approximate surface area is 124 Å². The molecule has 0 aliphatic rings. The number of hydrogen-bond acceptors (Lipinski definition) is 5. The first kappa shape index (κ1) is 15.7. The Morgan fingerprint density at radius 3 is 2.43 bits per heavy atom. The maximum Gasteiger partial charge on any atom is 0.248 e. The van der Waals surface area contributed by atoms with Gasteiger partial charge in [-0.1, -0.05) is 5.16 Å². The average Bonchev–Trinajstić information content (AvgIpc) is 2.93. The summed E-state index contributed by atoms with van der Waals surface area (Å²) in [5.41, 5.74) is 2.09. The fourth-order valence-corrected chi connectivity index (χ4v) is 3.63. The number of hydrogen-bond donors (Lipinski definition) is 0. The maximum atomic E-state index is 12.6. The summed E-state index contributed by atoms with van der Waals surface area (Å²) in [6.45, 7) is 8.09. The highest BCUT2D eigenvalue weighted by atomic mass is 32.2. The van der Waals surface area contributed by atoms with Gasteiger partial charge in [-0.25, -0.2) is 8.42 Å². The third-order valence-corrected chi connectivity index (χ3v) is 5.45. The Hall–Kier alpha value is -1.67. The Kier molecular flexibility index (Phi) is 4.20. The van der Waals surface area contributed by atoms with E-state index in [0.29, 0.717) is 11.5 Å². The molecule has 0 bridgehead atoms. The number of aryl methyl sites for hydroxylation is 4. The number of nitrogens with zero attached hydrogens (tertiary/aromatic N) is 4.